The Balaban J connectivity index is 1.48. The Kier molecular flexibility index (Phi) is 5.40. The highest BCUT2D eigenvalue weighted by Gasteiger charge is 2.53. The van der Waals surface area contributed by atoms with E-state index < -0.39 is 11.6 Å². The molecule has 0 aliphatic carbocycles. The SMILES string of the molecule is COc1cccc(-c2nc(CN3C(=O)NC(c4ccccc4)(c4ccccc4)C3=O)cs2)c1. The summed E-state index contributed by atoms with van der Waals surface area (Å²) >= 11 is 1.46. The van der Waals surface area contributed by atoms with E-state index in [0.29, 0.717) is 16.8 Å². The number of ether oxygens (including phenoxy) is 1. The van der Waals surface area contributed by atoms with Crippen molar-refractivity contribution in [2.24, 2.45) is 0 Å². The Morgan fingerprint density at radius 1 is 0.939 bits per heavy atom. The smallest absolute Gasteiger partial charge is 0.325 e. The number of aromatic nitrogens is 1. The van der Waals surface area contributed by atoms with E-state index in [4.69, 9.17) is 4.74 Å². The average Bonchev–Trinajstić information content (AvgIpc) is 3.44. The van der Waals surface area contributed by atoms with Gasteiger partial charge in [-0.15, -0.1) is 11.3 Å². The molecule has 0 spiro atoms. The molecule has 0 saturated carbocycles. The summed E-state index contributed by atoms with van der Waals surface area (Å²) in [6.45, 7) is 0.0898. The summed E-state index contributed by atoms with van der Waals surface area (Å²) in [6, 6.07) is 25.9. The van der Waals surface area contributed by atoms with Crippen molar-refractivity contribution in [2.45, 2.75) is 12.1 Å². The maximum atomic E-state index is 13.8. The highest BCUT2D eigenvalue weighted by molar-refractivity contribution is 7.13. The predicted octanol–water partition coefficient (Wildman–Crippen LogP) is 4.81. The molecule has 1 N–H and O–H groups in total. The van der Waals surface area contributed by atoms with Crippen LogP contribution in [0.2, 0.25) is 0 Å². The Morgan fingerprint density at radius 3 is 2.24 bits per heavy atom. The number of nitrogens with one attached hydrogen (secondary N) is 1. The van der Waals surface area contributed by atoms with E-state index in [1.807, 2.05) is 90.3 Å². The van der Waals surface area contributed by atoms with Gasteiger partial charge in [0.15, 0.2) is 5.54 Å². The highest BCUT2D eigenvalue weighted by atomic mass is 32.1. The first-order chi connectivity index (χ1) is 16.1. The molecule has 2 heterocycles. The standard InChI is InChI=1S/C26H21N3O3S/c1-32-22-14-8-9-18(15-22)23-27-21(17-33-23)16-29-24(30)26(28-25(29)31,19-10-4-2-5-11-19)20-12-6-3-7-13-20/h2-15,17H,16H2,1H3,(H,28,31). The Bertz CT molecular complexity index is 1270. The third kappa shape index (κ3) is 3.66. The number of imide groups is 1. The number of amides is 3. The van der Waals surface area contributed by atoms with Crippen molar-refractivity contribution < 1.29 is 14.3 Å². The second kappa shape index (κ2) is 8.52. The molecule has 33 heavy (non-hydrogen) atoms. The molecular formula is C26H21N3O3S. The zero-order chi connectivity index (χ0) is 22.8. The Labute approximate surface area is 195 Å². The second-order valence-electron chi connectivity index (χ2n) is 7.68. The lowest BCUT2D eigenvalue weighted by atomic mass is 9.82. The van der Waals surface area contributed by atoms with Crippen LogP contribution in [0.1, 0.15) is 16.8 Å². The Morgan fingerprint density at radius 2 is 1.61 bits per heavy atom. The van der Waals surface area contributed by atoms with Gasteiger partial charge in [-0.2, -0.15) is 0 Å². The fourth-order valence-corrected chi connectivity index (χ4v) is 4.89. The van der Waals surface area contributed by atoms with Crippen LogP contribution in [-0.2, 0) is 16.9 Å². The fraction of sp³-hybridized carbons (Fsp3) is 0.115. The number of hydrogen-bond donors (Lipinski definition) is 1. The van der Waals surface area contributed by atoms with Crippen LogP contribution in [0.3, 0.4) is 0 Å². The third-order valence-corrected chi connectivity index (χ3v) is 6.65. The molecule has 1 aliphatic rings. The van der Waals surface area contributed by atoms with Gasteiger partial charge in [0, 0.05) is 10.9 Å². The number of hydrogen-bond acceptors (Lipinski definition) is 5. The third-order valence-electron chi connectivity index (χ3n) is 5.71. The molecule has 3 aromatic carbocycles. The van der Waals surface area contributed by atoms with Gasteiger partial charge in [-0.1, -0.05) is 72.8 Å². The van der Waals surface area contributed by atoms with Crippen LogP contribution in [0.4, 0.5) is 4.79 Å². The van der Waals surface area contributed by atoms with Gasteiger partial charge in [0.05, 0.1) is 19.3 Å². The average molecular weight is 456 g/mol. The minimum Gasteiger partial charge on any atom is -0.497 e. The highest BCUT2D eigenvalue weighted by Crippen LogP contribution is 2.37. The van der Waals surface area contributed by atoms with E-state index in [-0.39, 0.29) is 12.5 Å². The zero-order valence-electron chi connectivity index (χ0n) is 17.9. The predicted molar refractivity (Wildman–Crippen MR) is 127 cm³/mol. The molecule has 1 aliphatic heterocycles. The molecule has 6 nitrogen and oxygen atoms in total. The molecule has 0 bridgehead atoms. The number of thiazole rings is 1. The van der Waals surface area contributed by atoms with Crippen molar-refractivity contribution >= 4 is 23.3 Å². The van der Waals surface area contributed by atoms with Gasteiger partial charge in [0.25, 0.3) is 5.91 Å². The van der Waals surface area contributed by atoms with Crippen molar-refractivity contribution in [3.8, 4) is 16.3 Å². The van der Waals surface area contributed by atoms with Crippen molar-refractivity contribution in [2.75, 3.05) is 7.11 Å². The van der Waals surface area contributed by atoms with Crippen molar-refractivity contribution in [3.05, 3.63) is 107 Å². The molecular weight excluding hydrogens is 434 g/mol. The number of carbonyl (C=O) groups excluding carboxylic acids is 2. The molecule has 1 saturated heterocycles. The van der Waals surface area contributed by atoms with Crippen LogP contribution in [0.5, 0.6) is 5.75 Å². The zero-order valence-corrected chi connectivity index (χ0v) is 18.7. The first-order valence-electron chi connectivity index (χ1n) is 10.5. The van der Waals surface area contributed by atoms with Gasteiger partial charge in [-0.25, -0.2) is 9.78 Å². The number of benzene rings is 3. The topological polar surface area (TPSA) is 71.5 Å². The lowest BCUT2D eigenvalue weighted by Crippen LogP contribution is -2.45. The molecule has 164 valence electrons. The summed E-state index contributed by atoms with van der Waals surface area (Å²) in [5.41, 5.74) is 1.73. The molecule has 1 fully saturated rings. The van der Waals surface area contributed by atoms with E-state index in [2.05, 4.69) is 10.3 Å². The van der Waals surface area contributed by atoms with Gasteiger partial charge < -0.3 is 10.1 Å². The van der Waals surface area contributed by atoms with Crippen LogP contribution < -0.4 is 10.1 Å². The van der Waals surface area contributed by atoms with E-state index in [0.717, 1.165) is 16.3 Å². The lowest BCUT2D eigenvalue weighted by Gasteiger charge is -2.27. The molecule has 1 aromatic heterocycles. The quantitative estimate of drug-likeness (QED) is 0.424. The van der Waals surface area contributed by atoms with Gasteiger partial charge in [-0.05, 0) is 23.3 Å². The first kappa shape index (κ1) is 20.9. The van der Waals surface area contributed by atoms with Crippen LogP contribution in [-0.4, -0.2) is 28.9 Å². The number of nitrogens with zero attached hydrogens (tertiary/aromatic N) is 2. The number of carbonyl (C=O) groups is 2. The first-order valence-corrected chi connectivity index (χ1v) is 11.3. The van der Waals surface area contributed by atoms with Crippen LogP contribution >= 0.6 is 11.3 Å². The van der Waals surface area contributed by atoms with Crippen LogP contribution in [0.25, 0.3) is 10.6 Å². The van der Waals surface area contributed by atoms with Crippen LogP contribution in [0, 0.1) is 0 Å². The van der Waals surface area contributed by atoms with Crippen molar-refractivity contribution in [1.29, 1.82) is 0 Å². The maximum Gasteiger partial charge on any atom is 0.325 e. The molecule has 5 rings (SSSR count). The maximum absolute atomic E-state index is 13.8. The summed E-state index contributed by atoms with van der Waals surface area (Å²) in [6.07, 6.45) is 0. The fourth-order valence-electron chi connectivity index (χ4n) is 4.08. The lowest BCUT2D eigenvalue weighted by molar-refractivity contribution is -0.130. The molecule has 4 aromatic rings. The van der Waals surface area contributed by atoms with Crippen molar-refractivity contribution in [3.63, 3.8) is 0 Å². The molecule has 7 heteroatoms. The molecule has 3 amide bonds. The summed E-state index contributed by atoms with van der Waals surface area (Å²) in [7, 11) is 1.62. The van der Waals surface area contributed by atoms with E-state index in [1.54, 1.807) is 7.11 Å². The largest absolute Gasteiger partial charge is 0.497 e. The van der Waals surface area contributed by atoms with Gasteiger partial charge in [0.2, 0.25) is 0 Å². The van der Waals surface area contributed by atoms with Crippen molar-refractivity contribution in [1.82, 2.24) is 15.2 Å². The van der Waals surface area contributed by atoms with Crippen LogP contribution in [0.15, 0.2) is 90.3 Å². The van der Waals surface area contributed by atoms with E-state index >= 15 is 0 Å². The monoisotopic (exact) mass is 455 g/mol. The summed E-state index contributed by atoms with van der Waals surface area (Å²) in [5, 5.41) is 5.64. The minimum absolute atomic E-state index is 0.0898. The summed E-state index contributed by atoms with van der Waals surface area (Å²) in [5.74, 6) is 0.426. The number of rotatable bonds is 6. The Hall–Kier alpha value is -3.97. The normalized spacial score (nSPS) is 14.9. The van der Waals surface area contributed by atoms with E-state index in [9.17, 15) is 9.59 Å². The van der Waals surface area contributed by atoms with Gasteiger partial charge >= 0.3 is 6.03 Å². The summed E-state index contributed by atoms with van der Waals surface area (Å²) < 4.78 is 5.30. The molecule has 0 radical (unpaired) electrons. The molecule has 0 atom stereocenters. The van der Waals surface area contributed by atoms with Gasteiger partial charge in [0.1, 0.15) is 10.8 Å². The van der Waals surface area contributed by atoms with E-state index in [1.165, 1.54) is 16.2 Å². The summed E-state index contributed by atoms with van der Waals surface area (Å²) in [4.78, 5) is 32.8. The molecule has 0 unspecified atom stereocenters. The number of urea groups is 1. The minimum atomic E-state index is -1.27. The number of methoxy groups -OCH3 is 1. The van der Waals surface area contributed by atoms with Gasteiger partial charge in [-0.3, -0.25) is 9.69 Å². The second-order valence-corrected chi connectivity index (χ2v) is 8.54.